The Morgan fingerprint density at radius 1 is 0.351 bits per heavy atom. The molecule has 0 saturated heterocycles. The monoisotopic (exact) mass is 747 g/mol. The number of benzene rings is 8. The van der Waals surface area contributed by atoms with Crippen LogP contribution in [-0.2, 0) is 0 Å². The van der Waals surface area contributed by atoms with Crippen LogP contribution >= 0.6 is 11.8 Å². The van der Waals surface area contributed by atoms with Gasteiger partial charge in [0, 0.05) is 37.4 Å². The molecule has 10 aromatic rings. The van der Waals surface area contributed by atoms with Gasteiger partial charge in [-0.2, -0.15) is 9.97 Å². The van der Waals surface area contributed by atoms with E-state index < -0.39 is 0 Å². The van der Waals surface area contributed by atoms with Crippen molar-refractivity contribution in [2.75, 3.05) is 4.90 Å². The number of hydrogen-bond acceptors (Lipinski definition) is 5. The molecule has 0 unspecified atom stereocenters. The number of fused-ring (bicyclic) bond motifs is 5. The first-order valence-electron chi connectivity index (χ1n) is 19.0. The first-order valence-corrected chi connectivity index (χ1v) is 19.8. The van der Waals surface area contributed by atoms with Gasteiger partial charge in [-0.15, -0.1) is 0 Å². The van der Waals surface area contributed by atoms with Gasteiger partial charge < -0.3 is 4.90 Å². The number of nitrogens with zero attached hydrogens (tertiary/aromatic N) is 5. The van der Waals surface area contributed by atoms with E-state index in [1.165, 1.54) is 32.3 Å². The third-order valence-corrected chi connectivity index (χ3v) is 11.7. The van der Waals surface area contributed by atoms with Crippen LogP contribution in [0, 0.1) is 0 Å². The van der Waals surface area contributed by atoms with E-state index >= 15 is 0 Å². The van der Waals surface area contributed by atoms with Crippen molar-refractivity contribution in [1.29, 1.82) is 0 Å². The highest BCUT2D eigenvalue weighted by molar-refractivity contribution is 7.99. The van der Waals surface area contributed by atoms with E-state index in [0.717, 1.165) is 49.7 Å². The number of aromatic nitrogens is 4. The molecule has 0 fully saturated rings. The van der Waals surface area contributed by atoms with E-state index in [1.54, 1.807) is 0 Å². The van der Waals surface area contributed by atoms with Gasteiger partial charge in [-0.1, -0.05) is 157 Å². The largest absolute Gasteiger partial charge is 0.308 e. The summed E-state index contributed by atoms with van der Waals surface area (Å²) < 4.78 is 2.19. The minimum atomic E-state index is 0.581. The van der Waals surface area contributed by atoms with Crippen LogP contribution in [0.4, 0.5) is 17.1 Å². The lowest BCUT2D eigenvalue weighted by Crippen LogP contribution is -2.14. The van der Waals surface area contributed by atoms with Crippen LogP contribution in [-0.4, -0.2) is 19.5 Å². The van der Waals surface area contributed by atoms with E-state index in [1.807, 2.05) is 72.4 Å². The number of anilines is 3. The molecule has 1 aliphatic rings. The van der Waals surface area contributed by atoms with E-state index in [4.69, 9.17) is 15.0 Å². The van der Waals surface area contributed by atoms with Gasteiger partial charge in [0.25, 0.3) is 0 Å². The summed E-state index contributed by atoms with van der Waals surface area (Å²) in [6, 6.07) is 70.5. The lowest BCUT2D eigenvalue weighted by atomic mass is 9.98. The standard InChI is InChI=1S/C51H33N5S/c1-4-15-34(16-5-1)49-52-50(35-17-6-2-7-18-35)54-51(53-49)56-43-24-11-10-23-41(43)42-29-27-38(32-46(42)56)36-19-14-20-37(31-36)39-28-30-45-48(33-39)57-47-26-13-12-25-44(47)55(45)40-21-8-3-9-22-40/h1-33H. The zero-order valence-corrected chi connectivity index (χ0v) is 31.5. The Kier molecular flexibility index (Phi) is 8.00. The molecule has 6 heteroatoms. The van der Waals surface area contributed by atoms with Crippen molar-refractivity contribution in [3.05, 3.63) is 200 Å². The molecule has 2 aromatic heterocycles. The second-order valence-corrected chi connectivity index (χ2v) is 15.2. The fourth-order valence-corrected chi connectivity index (χ4v) is 9.03. The van der Waals surface area contributed by atoms with E-state index in [2.05, 4.69) is 149 Å². The molecular formula is C51H33N5S. The maximum atomic E-state index is 5.14. The number of hydrogen-bond donors (Lipinski definition) is 0. The van der Waals surface area contributed by atoms with Gasteiger partial charge in [0.15, 0.2) is 11.6 Å². The van der Waals surface area contributed by atoms with Crippen molar-refractivity contribution in [3.63, 3.8) is 0 Å². The summed E-state index contributed by atoms with van der Waals surface area (Å²) >= 11 is 1.83. The highest BCUT2D eigenvalue weighted by Gasteiger charge is 2.25. The molecule has 0 aliphatic carbocycles. The first kappa shape index (κ1) is 33.1. The number of rotatable bonds is 6. The summed E-state index contributed by atoms with van der Waals surface area (Å²) in [7, 11) is 0. The van der Waals surface area contributed by atoms with Crippen molar-refractivity contribution in [1.82, 2.24) is 19.5 Å². The molecule has 0 radical (unpaired) electrons. The fraction of sp³-hybridized carbons (Fsp3) is 0. The molecule has 1 aliphatic heterocycles. The summed E-state index contributed by atoms with van der Waals surface area (Å²) in [5, 5.41) is 2.29. The SMILES string of the molecule is c1ccc(-c2nc(-c3ccccc3)nc(-n3c4ccccc4c4ccc(-c5cccc(-c6ccc7c(c6)Sc6ccccc6N7c6ccccc6)c5)cc43)n2)cc1. The summed E-state index contributed by atoms with van der Waals surface area (Å²) in [6.07, 6.45) is 0. The van der Waals surface area contributed by atoms with Gasteiger partial charge >= 0.3 is 0 Å². The average molecular weight is 748 g/mol. The van der Waals surface area contributed by atoms with Gasteiger partial charge in [0.1, 0.15) is 0 Å². The Labute approximate surface area is 334 Å². The third kappa shape index (κ3) is 5.86. The lowest BCUT2D eigenvalue weighted by Gasteiger charge is -2.33. The van der Waals surface area contributed by atoms with Crippen LogP contribution in [0.3, 0.4) is 0 Å². The molecule has 268 valence electrons. The van der Waals surface area contributed by atoms with Crippen LogP contribution < -0.4 is 4.90 Å². The van der Waals surface area contributed by atoms with Crippen LogP contribution in [0.15, 0.2) is 210 Å². The predicted octanol–water partition coefficient (Wildman–Crippen LogP) is 13.6. The fourth-order valence-electron chi connectivity index (χ4n) is 7.93. The molecular weight excluding hydrogens is 715 g/mol. The molecule has 8 aromatic carbocycles. The molecule has 11 rings (SSSR count). The van der Waals surface area contributed by atoms with Crippen LogP contribution in [0.1, 0.15) is 0 Å². The molecule has 0 atom stereocenters. The second-order valence-electron chi connectivity index (χ2n) is 14.1. The summed E-state index contributed by atoms with van der Waals surface area (Å²) in [4.78, 5) is 20.1. The zero-order chi connectivity index (χ0) is 37.7. The molecule has 57 heavy (non-hydrogen) atoms. The van der Waals surface area contributed by atoms with E-state index in [0.29, 0.717) is 17.6 Å². The van der Waals surface area contributed by atoms with Crippen LogP contribution in [0.5, 0.6) is 0 Å². The average Bonchev–Trinajstić information content (AvgIpc) is 3.62. The van der Waals surface area contributed by atoms with Crippen LogP contribution in [0.2, 0.25) is 0 Å². The number of para-hydroxylation sites is 3. The molecule has 3 heterocycles. The Morgan fingerprint density at radius 3 is 1.63 bits per heavy atom. The molecule has 5 nitrogen and oxygen atoms in total. The summed E-state index contributed by atoms with van der Waals surface area (Å²) in [5.74, 6) is 1.85. The third-order valence-electron chi connectivity index (χ3n) is 10.6. The van der Waals surface area contributed by atoms with E-state index in [9.17, 15) is 0 Å². The van der Waals surface area contributed by atoms with Gasteiger partial charge in [0.2, 0.25) is 5.95 Å². The maximum absolute atomic E-state index is 5.14. The van der Waals surface area contributed by atoms with Crippen molar-refractivity contribution < 1.29 is 0 Å². The van der Waals surface area contributed by atoms with Gasteiger partial charge in [-0.3, -0.25) is 4.57 Å². The Bertz CT molecular complexity index is 3050. The van der Waals surface area contributed by atoms with Gasteiger partial charge in [0.05, 0.1) is 22.4 Å². The predicted molar refractivity (Wildman–Crippen MR) is 235 cm³/mol. The highest BCUT2D eigenvalue weighted by atomic mass is 32.2. The summed E-state index contributed by atoms with van der Waals surface area (Å²) in [6.45, 7) is 0. The molecule has 0 amide bonds. The Morgan fingerprint density at radius 2 is 0.895 bits per heavy atom. The molecule has 0 saturated carbocycles. The summed E-state index contributed by atoms with van der Waals surface area (Å²) in [5.41, 5.74) is 12.1. The minimum absolute atomic E-state index is 0.581. The van der Waals surface area contributed by atoms with Gasteiger partial charge in [-0.05, 0) is 76.9 Å². The van der Waals surface area contributed by atoms with Crippen molar-refractivity contribution in [2.45, 2.75) is 9.79 Å². The lowest BCUT2D eigenvalue weighted by molar-refractivity contribution is 0.953. The van der Waals surface area contributed by atoms with Gasteiger partial charge in [-0.25, -0.2) is 4.98 Å². The Balaban J connectivity index is 1.03. The normalized spacial score (nSPS) is 12.1. The highest BCUT2D eigenvalue weighted by Crippen LogP contribution is 2.52. The zero-order valence-electron chi connectivity index (χ0n) is 30.7. The van der Waals surface area contributed by atoms with Crippen molar-refractivity contribution in [3.8, 4) is 51.0 Å². The second kappa shape index (κ2) is 13.8. The van der Waals surface area contributed by atoms with Crippen molar-refractivity contribution in [2.24, 2.45) is 0 Å². The van der Waals surface area contributed by atoms with Crippen LogP contribution in [0.25, 0.3) is 72.8 Å². The minimum Gasteiger partial charge on any atom is -0.308 e. The first-order chi connectivity index (χ1) is 28.2. The maximum Gasteiger partial charge on any atom is 0.238 e. The smallest absolute Gasteiger partial charge is 0.238 e. The topological polar surface area (TPSA) is 46.8 Å². The quantitative estimate of drug-likeness (QED) is 0.169. The molecule has 0 spiro atoms. The Hall–Kier alpha value is -7.28. The van der Waals surface area contributed by atoms with E-state index in [-0.39, 0.29) is 0 Å². The van der Waals surface area contributed by atoms with Crippen molar-refractivity contribution >= 4 is 50.6 Å². The molecule has 0 bridgehead atoms. The molecule has 0 N–H and O–H groups in total.